The fourth-order valence-corrected chi connectivity index (χ4v) is 8.28. The number of likely N-dealkylation sites (tertiary alicyclic amines) is 1. The molecule has 37 heavy (non-hydrogen) atoms. The number of piperazine rings is 1. The third-order valence-electron chi connectivity index (χ3n) is 10.2. The highest BCUT2D eigenvalue weighted by Crippen LogP contribution is 2.51. The maximum atomic E-state index is 6.41. The Hall–Kier alpha value is -2.70. The van der Waals surface area contributed by atoms with Crippen molar-refractivity contribution in [2.24, 2.45) is 0 Å². The lowest BCUT2D eigenvalue weighted by molar-refractivity contribution is 0.186. The fraction of sp³-hybridized carbons (Fsp3) is 0.548. The molecule has 3 aromatic rings. The summed E-state index contributed by atoms with van der Waals surface area (Å²) >= 11 is 0. The highest BCUT2D eigenvalue weighted by Gasteiger charge is 2.45. The molecule has 1 unspecified atom stereocenters. The standard InChI is InChI=1S/C31H37N5O/c1-35-14-4-8-24(35)19-37-30-33-27-16-31(15-21-7-2-5-20-6-3-9-26(31)28(20)21)13-12-25(27)29(34-30)36-22-10-11-23(36)18-32-17-22/h2-3,5-7,9,22-24,32H,4,8,10-19H2,1H3/t22-,23+,24-,31?/m0/s1. The zero-order chi connectivity index (χ0) is 24.6. The molecule has 0 radical (unpaired) electrons. The van der Waals surface area contributed by atoms with Crippen LogP contribution in [0.4, 0.5) is 5.82 Å². The lowest BCUT2D eigenvalue weighted by Gasteiger charge is -2.41. The van der Waals surface area contributed by atoms with Crippen molar-refractivity contribution in [3.05, 3.63) is 58.8 Å². The minimum absolute atomic E-state index is 0.132. The zero-order valence-electron chi connectivity index (χ0n) is 21.9. The van der Waals surface area contributed by atoms with E-state index in [1.165, 1.54) is 71.1 Å². The molecule has 2 bridgehead atoms. The highest BCUT2D eigenvalue weighted by atomic mass is 16.5. The molecule has 192 valence electrons. The summed E-state index contributed by atoms with van der Waals surface area (Å²) in [5.41, 5.74) is 5.79. The van der Waals surface area contributed by atoms with Crippen LogP contribution in [0.3, 0.4) is 0 Å². The van der Waals surface area contributed by atoms with Gasteiger partial charge >= 0.3 is 6.01 Å². The summed E-state index contributed by atoms with van der Waals surface area (Å²) in [6.07, 6.45) is 9.25. The number of benzene rings is 2. The van der Waals surface area contributed by atoms with Crippen molar-refractivity contribution in [3.8, 4) is 6.01 Å². The molecule has 2 aliphatic carbocycles. The van der Waals surface area contributed by atoms with Crippen LogP contribution in [-0.2, 0) is 24.7 Å². The first-order chi connectivity index (χ1) is 18.2. The number of hydrogen-bond donors (Lipinski definition) is 1. The van der Waals surface area contributed by atoms with E-state index < -0.39 is 0 Å². The smallest absolute Gasteiger partial charge is 0.318 e. The molecule has 6 nitrogen and oxygen atoms in total. The van der Waals surface area contributed by atoms with E-state index in [4.69, 9.17) is 14.7 Å². The van der Waals surface area contributed by atoms with E-state index >= 15 is 0 Å². The molecule has 6 heteroatoms. The van der Waals surface area contributed by atoms with Gasteiger partial charge in [0, 0.05) is 48.6 Å². The molecule has 5 aliphatic rings. The van der Waals surface area contributed by atoms with Crippen LogP contribution in [0.25, 0.3) is 10.8 Å². The van der Waals surface area contributed by atoms with E-state index in [2.05, 4.69) is 58.6 Å². The van der Waals surface area contributed by atoms with Gasteiger partial charge in [-0.05, 0) is 80.4 Å². The molecular formula is C31H37N5O. The van der Waals surface area contributed by atoms with Crippen LogP contribution in [0.5, 0.6) is 6.01 Å². The fourth-order valence-electron chi connectivity index (χ4n) is 8.28. The second-order valence-electron chi connectivity index (χ2n) is 12.2. The van der Waals surface area contributed by atoms with Crippen LogP contribution in [0, 0.1) is 0 Å². The average molecular weight is 496 g/mol. The number of anilines is 1. The lowest BCUT2D eigenvalue weighted by atomic mass is 9.69. The van der Waals surface area contributed by atoms with Gasteiger partial charge in [-0.1, -0.05) is 36.4 Å². The van der Waals surface area contributed by atoms with Crippen LogP contribution >= 0.6 is 0 Å². The Balaban J connectivity index is 1.19. The Morgan fingerprint density at radius 3 is 2.68 bits per heavy atom. The number of ether oxygens (including phenoxy) is 1. The maximum absolute atomic E-state index is 6.41. The number of fused-ring (bicyclic) bond motifs is 4. The van der Waals surface area contributed by atoms with Crippen LogP contribution in [-0.4, -0.2) is 66.3 Å². The van der Waals surface area contributed by atoms with Gasteiger partial charge in [0.25, 0.3) is 0 Å². The van der Waals surface area contributed by atoms with E-state index in [1.54, 1.807) is 0 Å². The predicted molar refractivity (Wildman–Crippen MR) is 147 cm³/mol. The number of nitrogens with one attached hydrogen (secondary N) is 1. The molecule has 3 saturated heterocycles. The van der Waals surface area contributed by atoms with Gasteiger partial charge in [-0.2, -0.15) is 9.97 Å². The molecule has 2 aromatic carbocycles. The Bertz CT molecular complexity index is 1350. The number of rotatable bonds is 4. The molecule has 8 rings (SSSR count). The highest BCUT2D eigenvalue weighted by molar-refractivity contribution is 5.92. The van der Waals surface area contributed by atoms with Crippen molar-refractivity contribution in [1.29, 1.82) is 0 Å². The normalized spacial score (nSPS) is 30.4. The number of aromatic nitrogens is 2. The van der Waals surface area contributed by atoms with Crippen LogP contribution in [0.2, 0.25) is 0 Å². The van der Waals surface area contributed by atoms with Crippen LogP contribution in [0.1, 0.15) is 54.5 Å². The van der Waals surface area contributed by atoms with E-state index in [1.807, 2.05) is 0 Å². The summed E-state index contributed by atoms with van der Waals surface area (Å²) in [5.74, 6) is 1.18. The van der Waals surface area contributed by atoms with Gasteiger partial charge in [0.1, 0.15) is 12.4 Å². The van der Waals surface area contributed by atoms with E-state index in [0.29, 0.717) is 30.7 Å². The van der Waals surface area contributed by atoms with Gasteiger partial charge in [0.2, 0.25) is 0 Å². The molecule has 1 spiro atoms. The van der Waals surface area contributed by atoms with Crippen molar-refractivity contribution >= 4 is 16.6 Å². The van der Waals surface area contributed by atoms with Crippen molar-refractivity contribution in [2.75, 3.05) is 38.2 Å². The molecule has 3 fully saturated rings. The SMILES string of the molecule is CN1CCC[C@H]1COc1nc2c(c(N3[C@@H]4CC[C@H]3CNC4)n1)CCC1(C2)Cc2cccc3cccc1c23. The number of hydrogen-bond acceptors (Lipinski definition) is 6. The molecule has 4 atom stereocenters. The van der Waals surface area contributed by atoms with Crippen molar-refractivity contribution in [3.63, 3.8) is 0 Å². The molecule has 3 aliphatic heterocycles. The second kappa shape index (κ2) is 8.40. The van der Waals surface area contributed by atoms with Gasteiger partial charge in [-0.15, -0.1) is 0 Å². The quantitative estimate of drug-likeness (QED) is 0.590. The molecular weight excluding hydrogens is 458 g/mol. The summed E-state index contributed by atoms with van der Waals surface area (Å²) in [6, 6.07) is 15.9. The van der Waals surface area contributed by atoms with E-state index in [-0.39, 0.29) is 5.41 Å². The first-order valence-corrected chi connectivity index (χ1v) is 14.4. The topological polar surface area (TPSA) is 53.5 Å². The van der Waals surface area contributed by atoms with E-state index in [0.717, 1.165) is 38.9 Å². The van der Waals surface area contributed by atoms with Gasteiger partial charge in [-0.25, -0.2) is 0 Å². The van der Waals surface area contributed by atoms with Gasteiger partial charge in [0.05, 0.1) is 5.69 Å². The Morgan fingerprint density at radius 2 is 1.86 bits per heavy atom. The predicted octanol–water partition coefficient (Wildman–Crippen LogP) is 4.03. The van der Waals surface area contributed by atoms with Gasteiger partial charge in [0.15, 0.2) is 0 Å². The summed E-state index contributed by atoms with van der Waals surface area (Å²) in [7, 11) is 2.21. The number of nitrogens with zero attached hydrogens (tertiary/aromatic N) is 4. The third kappa shape index (κ3) is 3.45. The molecule has 0 saturated carbocycles. The number of likely N-dealkylation sites (N-methyl/N-ethyl adjacent to an activating group) is 1. The molecule has 1 aromatic heterocycles. The Morgan fingerprint density at radius 1 is 1.03 bits per heavy atom. The van der Waals surface area contributed by atoms with E-state index in [9.17, 15) is 0 Å². The summed E-state index contributed by atoms with van der Waals surface area (Å²) < 4.78 is 6.41. The second-order valence-corrected chi connectivity index (χ2v) is 12.2. The van der Waals surface area contributed by atoms with Crippen LogP contribution in [0.15, 0.2) is 36.4 Å². The maximum Gasteiger partial charge on any atom is 0.318 e. The zero-order valence-corrected chi connectivity index (χ0v) is 21.9. The van der Waals surface area contributed by atoms with Gasteiger partial charge in [-0.3, -0.25) is 0 Å². The monoisotopic (exact) mass is 495 g/mol. The Labute approximate surface area is 219 Å². The Kier molecular flexibility index (Phi) is 5.06. The van der Waals surface area contributed by atoms with Crippen molar-refractivity contribution in [2.45, 2.75) is 74.9 Å². The molecule has 1 N–H and O–H groups in total. The minimum atomic E-state index is 0.132. The summed E-state index contributed by atoms with van der Waals surface area (Å²) in [6.45, 7) is 3.95. The van der Waals surface area contributed by atoms with Gasteiger partial charge < -0.3 is 19.9 Å². The van der Waals surface area contributed by atoms with Crippen LogP contribution < -0.4 is 15.0 Å². The third-order valence-corrected chi connectivity index (χ3v) is 10.2. The first kappa shape index (κ1) is 22.3. The van der Waals surface area contributed by atoms with Crippen molar-refractivity contribution < 1.29 is 4.74 Å². The van der Waals surface area contributed by atoms with Crippen molar-refractivity contribution in [1.82, 2.24) is 20.2 Å². The molecule has 4 heterocycles. The minimum Gasteiger partial charge on any atom is -0.462 e. The largest absolute Gasteiger partial charge is 0.462 e. The summed E-state index contributed by atoms with van der Waals surface area (Å²) in [5, 5.41) is 6.51. The summed E-state index contributed by atoms with van der Waals surface area (Å²) in [4.78, 5) is 15.4. The average Bonchev–Trinajstić information content (AvgIpc) is 3.54. The first-order valence-electron chi connectivity index (χ1n) is 14.4. The molecule has 0 amide bonds. The lowest BCUT2D eigenvalue weighted by Crippen LogP contribution is -2.53.